The molecule has 1 aliphatic heterocycles. The minimum atomic E-state index is -0.508. The lowest BCUT2D eigenvalue weighted by Crippen LogP contribution is -2.42. The summed E-state index contributed by atoms with van der Waals surface area (Å²) in [6.07, 6.45) is 1.70. The van der Waals surface area contributed by atoms with E-state index in [2.05, 4.69) is 16.0 Å². The van der Waals surface area contributed by atoms with E-state index in [0.29, 0.717) is 31.7 Å². The Hall–Kier alpha value is -3.55. The molecule has 0 radical (unpaired) electrons. The van der Waals surface area contributed by atoms with E-state index in [1.807, 2.05) is 70.2 Å². The minimum Gasteiger partial charge on any atom is -0.444 e. The molecule has 8 nitrogen and oxygen atoms in total. The number of rotatable bonds is 6. The van der Waals surface area contributed by atoms with Crippen LogP contribution >= 0.6 is 0 Å². The second kappa shape index (κ2) is 11.7. The van der Waals surface area contributed by atoms with Crippen LogP contribution in [0, 0.1) is 12.8 Å². The molecular weight excluding hydrogens is 444 g/mol. The van der Waals surface area contributed by atoms with Gasteiger partial charge in [-0.3, -0.25) is 4.79 Å². The third-order valence-corrected chi connectivity index (χ3v) is 5.69. The normalized spacial score (nSPS) is 14.2. The molecule has 3 N–H and O–H groups in total. The maximum atomic E-state index is 12.5. The summed E-state index contributed by atoms with van der Waals surface area (Å²) in [5.41, 5.74) is 2.82. The van der Waals surface area contributed by atoms with Gasteiger partial charge < -0.3 is 25.6 Å². The molecule has 1 aliphatic rings. The monoisotopic (exact) mass is 480 g/mol. The van der Waals surface area contributed by atoms with Crippen molar-refractivity contribution in [3.05, 3.63) is 59.7 Å². The Balaban J connectivity index is 1.41. The number of carbonyl (C=O) groups is 3. The summed E-state index contributed by atoms with van der Waals surface area (Å²) in [7, 11) is 0. The number of piperidine rings is 1. The molecule has 0 saturated carbocycles. The Labute approximate surface area is 207 Å². The second-order valence-electron chi connectivity index (χ2n) is 10.0. The van der Waals surface area contributed by atoms with E-state index in [9.17, 15) is 14.4 Å². The van der Waals surface area contributed by atoms with Gasteiger partial charge in [0, 0.05) is 37.4 Å². The van der Waals surface area contributed by atoms with Crippen molar-refractivity contribution in [2.24, 2.45) is 5.92 Å². The SMILES string of the molecule is Cc1cccc(NC(=O)Nc2cccc(CNC(=O)CC3CCN(C(=O)OC(C)(C)C)CC3)c2)c1. The summed E-state index contributed by atoms with van der Waals surface area (Å²) in [5.74, 6) is 0.225. The Morgan fingerprint density at radius 2 is 1.60 bits per heavy atom. The van der Waals surface area contributed by atoms with Crippen LogP contribution in [0.5, 0.6) is 0 Å². The van der Waals surface area contributed by atoms with Crippen LogP contribution in [0.4, 0.5) is 21.0 Å². The number of aryl methyl sites for hydroxylation is 1. The smallest absolute Gasteiger partial charge is 0.410 e. The van der Waals surface area contributed by atoms with Gasteiger partial charge in [-0.05, 0) is 81.8 Å². The molecule has 3 rings (SSSR count). The van der Waals surface area contributed by atoms with Crippen molar-refractivity contribution in [1.29, 1.82) is 0 Å². The Morgan fingerprint density at radius 1 is 0.971 bits per heavy atom. The van der Waals surface area contributed by atoms with Crippen LogP contribution in [-0.4, -0.2) is 41.6 Å². The van der Waals surface area contributed by atoms with E-state index in [4.69, 9.17) is 4.74 Å². The van der Waals surface area contributed by atoms with Crippen LogP contribution in [0.1, 0.15) is 51.2 Å². The quantitative estimate of drug-likeness (QED) is 0.523. The molecule has 0 bridgehead atoms. The average Bonchev–Trinajstić information content (AvgIpc) is 2.77. The van der Waals surface area contributed by atoms with Crippen LogP contribution < -0.4 is 16.0 Å². The van der Waals surface area contributed by atoms with Gasteiger partial charge in [-0.2, -0.15) is 0 Å². The zero-order valence-corrected chi connectivity index (χ0v) is 21.0. The first-order valence-electron chi connectivity index (χ1n) is 12.1. The zero-order chi connectivity index (χ0) is 25.4. The van der Waals surface area contributed by atoms with Crippen molar-refractivity contribution in [2.75, 3.05) is 23.7 Å². The van der Waals surface area contributed by atoms with E-state index >= 15 is 0 Å². The molecule has 2 aromatic rings. The molecule has 35 heavy (non-hydrogen) atoms. The number of carbonyl (C=O) groups excluding carboxylic acids is 3. The Kier molecular flexibility index (Phi) is 8.73. The van der Waals surface area contributed by atoms with Gasteiger partial charge in [-0.15, -0.1) is 0 Å². The third kappa shape index (κ3) is 8.96. The van der Waals surface area contributed by atoms with Crippen LogP contribution in [0.15, 0.2) is 48.5 Å². The first-order chi connectivity index (χ1) is 16.6. The first-order valence-corrected chi connectivity index (χ1v) is 12.1. The fourth-order valence-electron chi connectivity index (χ4n) is 3.96. The molecule has 1 fully saturated rings. The number of nitrogens with zero attached hydrogens (tertiary/aromatic N) is 1. The number of hydrogen-bond acceptors (Lipinski definition) is 4. The third-order valence-electron chi connectivity index (χ3n) is 5.69. The van der Waals surface area contributed by atoms with Crippen molar-refractivity contribution in [2.45, 2.75) is 59.1 Å². The molecule has 0 unspecified atom stereocenters. The summed E-state index contributed by atoms with van der Waals surface area (Å²) < 4.78 is 5.43. The van der Waals surface area contributed by atoms with E-state index in [1.54, 1.807) is 11.0 Å². The molecule has 188 valence electrons. The van der Waals surface area contributed by atoms with Crippen LogP contribution in [0.25, 0.3) is 0 Å². The predicted molar refractivity (Wildman–Crippen MR) is 137 cm³/mol. The number of amides is 4. The first kappa shape index (κ1) is 26.1. The maximum Gasteiger partial charge on any atom is 0.410 e. The largest absolute Gasteiger partial charge is 0.444 e. The highest BCUT2D eigenvalue weighted by atomic mass is 16.6. The maximum absolute atomic E-state index is 12.5. The van der Waals surface area contributed by atoms with Crippen molar-refractivity contribution in [1.82, 2.24) is 10.2 Å². The van der Waals surface area contributed by atoms with Crippen molar-refractivity contribution in [3.63, 3.8) is 0 Å². The number of benzene rings is 2. The molecule has 1 saturated heterocycles. The molecule has 1 heterocycles. The van der Waals surface area contributed by atoms with E-state index < -0.39 is 5.60 Å². The predicted octanol–water partition coefficient (Wildman–Crippen LogP) is 5.29. The highest BCUT2D eigenvalue weighted by Crippen LogP contribution is 2.22. The topological polar surface area (TPSA) is 99.8 Å². The fourth-order valence-corrected chi connectivity index (χ4v) is 3.96. The number of anilines is 2. The fraction of sp³-hybridized carbons (Fsp3) is 0.444. The van der Waals surface area contributed by atoms with E-state index in [-0.39, 0.29) is 23.9 Å². The molecule has 0 aliphatic carbocycles. The highest BCUT2D eigenvalue weighted by Gasteiger charge is 2.27. The van der Waals surface area contributed by atoms with Crippen LogP contribution in [-0.2, 0) is 16.1 Å². The summed E-state index contributed by atoms with van der Waals surface area (Å²) in [6, 6.07) is 14.7. The molecular formula is C27H36N4O4. The van der Waals surface area contributed by atoms with Gasteiger partial charge >= 0.3 is 12.1 Å². The van der Waals surface area contributed by atoms with Gasteiger partial charge in [0.15, 0.2) is 0 Å². The molecule has 2 aromatic carbocycles. The van der Waals surface area contributed by atoms with Gasteiger partial charge in [-0.25, -0.2) is 9.59 Å². The van der Waals surface area contributed by atoms with Crippen LogP contribution in [0.2, 0.25) is 0 Å². The average molecular weight is 481 g/mol. The van der Waals surface area contributed by atoms with Gasteiger partial charge in [-0.1, -0.05) is 24.3 Å². The number of ether oxygens (including phenoxy) is 1. The lowest BCUT2D eigenvalue weighted by Gasteiger charge is -2.33. The van der Waals surface area contributed by atoms with Crippen LogP contribution in [0.3, 0.4) is 0 Å². The van der Waals surface area contributed by atoms with Crippen molar-refractivity contribution >= 4 is 29.4 Å². The standard InChI is InChI=1S/C27H36N4O4/c1-19-7-5-9-22(15-19)29-25(33)30-23-10-6-8-21(16-23)18-28-24(32)17-20-11-13-31(14-12-20)26(34)35-27(2,3)4/h5-10,15-16,20H,11-14,17-18H2,1-4H3,(H,28,32)(H2,29,30,33). The van der Waals surface area contributed by atoms with E-state index in [0.717, 1.165) is 29.7 Å². The number of likely N-dealkylation sites (tertiary alicyclic amines) is 1. The number of hydrogen-bond donors (Lipinski definition) is 3. The summed E-state index contributed by atoms with van der Waals surface area (Å²) >= 11 is 0. The van der Waals surface area contributed by atoms with Gasteiger partial charge in [0.05, 0.1) is 0 Å². The Bertz CT molecular complexity index is 1040. The number of nitrogens with one attached hydrogen (secondary N) is 3. The molecule has 0 spiro atoms. The minimum absolute atomic E-state index is 0.0173. The summed E-state index contributed by atoms with van der Waals surface area (Å²) in [4.78, 5) is 38.7. The van der Waals surface area contributed by atoms with Gasteiger partial charge in [0.1, 0.15) is 5.60 Å². The van der Waals surface area contributed by atoms with E-state index in [1.165, 1.54) is 0 Å². The van der Waals surface area contributed by atoms with Crippen molar-refractivity contribution in [3.8, 4) is 0 Å². The molecule has 8 heteroatoms. The van der Waals surface area contributed by atoms with Crippen molar-refractivity contribution < 1.29 is 19.1 Å². The summed E-state index contributed by atoms with van der Waals surface area (Å²) in [5, 5.41) is 8.61. The molecule has 0 aromatic heterocycles. The molecule has 4 amide bonds. The highest BCUT2D eigenvalue weighted by molar-refractivity contribution is 5.99. The zero-order valence-electron chi connectivity index (χ0n) is 21.0. The Morgan fingerprint density at radius 3 is 2.23 bits per heavy atom. The lowest BCUT2D eigenvalue weighted by molar-refractivity contribution is -0.122. The second-order valence-corrected chi connectivity index (χ2v) is 10.0. The molecule has 0 atom stereocenters. The van der Waals surface area contributed by atoms with Gasteiger partial charge in [0.25, 0.3) is 0 Å². The summed E-state index contributed by atoms with van der Waals surface area (Å²) in [6.45, 7) is 9.12. The number of urea groups is 1. The van der Waals surface area contributed by atoms with Gasteiger partial charge in [0.2, 0.25) is 5.91 Å². The lowest BCUT2D eigenvalue weighted by atomic mass is 9.93.